The van der Waals surface area contributed by atoms with E-state index in [1.807, 2.05) is 0 Å². The van der Waals surface area contributed by atoms with Gasteiger partial charge in [0.1, 0.15) is 11.2 Å². The Hall–Kier alpha value is -2.70. The molecule has 3 aromatic heterocycles. The fourth-order valence-electron chi connectivity index (χ4n) is 1.62. The molecule has 0 aliphatic rings. The third-order valence-electron chi connectivity index (χ3n) is 2.54. The summed E-state index contributed by atoms with van der Waals surface area (Å²) in [7, 11) is 1.54. The van der Waals surface area contributed by atoms with E-state index in [9.17, 15) is 4.79 Å². The monoisotopic (exact) mass is 243 g/mol. The number of pyridine rings is 1. The molecule has 0 aliphatic carbocycles. The molecule has 7 nitrogen and oxygen atoms in total. The molecule has 0 spiro atoms. The maximum Gasteiger partial charge on any atom is 0.262 e. The van der Waals surface area contributed by atoms with Gasteiger partial charge in [-0.2, -0.15) is 5.10 Å². The van der Waals surface area contributed by atoms with Crippen LogP contribution in [0.2, 0.25) is 0 Å². The first-order valence-electron chi connectivity index (χ1n) is 5.22. The lowest BCUT2D eigenvalue weighted by molar-refractivity contribution is 0.398. The standard InChI is InChI=1S/C11H9N5O2/c1-18-8-3-2-6(4-12-8)9-14-10-7(5-13-16-10)11(17)15-9/h2-5H,1H3,(H2,13,14,15,16,17). The molecule has 18 heavy (non-hydrogen) atoms. The summed E-state index contributed by atoms with van der Waals surface area (Å²) in [6.45, 7) is 0. The van der Waals surface area contributed by atoms with E-state index in [1.165, 1.54) is 6.20 Å². The molecular formula is C11H9N5O2. The molecule has 3 aromatic rings. The van der Waals surface area contributed by atoms with Gasteiger partial charge in [0.25, 0.3) is 5.56 Å². The zero-order valence-electron chi connectivity index (χ0n) is 9.47. The van der Waals surface area contributed by atoms with Crippen LogP contribution in [0.4, 0.5) is 0 Å². The molecule has 3 heterocycles. The fourth-order valence-corrected chi connectivity index (χ4v) is 1.62. The third-order valence-corrected chi connectivity index (χ3v) is 2.54. The number of nitrogens with one attached hydrogen (secondary N) is 2. The van der Waals surface area contributed by atoms with Gasteiger partial charge in [-0.05, 0) is 6.07 Å². The first-order chi connectivity index (χ1) is 8.78. The summed E-state index contributed by atoms with van der Waals surface area (Å²) in [5, 5.41) is 6.88. The summed E-state index contributed by atoms with van der Waals surface area (Å²) < 4.78 is 4.97. The molecule has 3 rings (SSSR count). The average molecular weight is 243 g/mol. The van der Waals surface area contributed by atoms with E-state index in [1.54, 1.807) is 25.4 Å². The molecule has 7 heteroatoms. The smallest absolute Gasteiger partial charge is 0.262 e. The largest absolute Gasteiger partial charge is 0.481 e. The van der Waals surface area contributed by atoms with Crippen molar-refractivity contribution < 1.29 is 4.74 Å². The van der Waals surface area contributed by atoms with Crippen molar-refractivity contribution >= 4 is 11.0 Å². The van der Waals surface area contributed by atoms with Crippen molar-refractivity contribution in [2.75, 3.05) is 7.11 Å². The zero-order valence-corrected chi connectivity index (χ0v) is 9.47. The molecule has 0 saturated heterocycles. The van der Waals surface area contributed by atoms with Gasteiger partial charge >= 0.3 is 0 Å². The Morgan fingerprint density at radius 3 is 2.89 bits per heavy atom. The van der Waals surface area contributed by atoms with Crippen LogP contribution in [0.15, 0.2) is 29.3 Å². The van der Waals surface area contributed by atoms with E-state index in [0.717, 1.165) is 0 Å². The number of rotatable bonds is 2. The van der Waals surface area contributed by atoms with E-state index < -0.39 is 0 Å². The molecule has 0 bridgehead atoms. The summed E-state index contributed by atoms with van der Waals surface area (Å²) in [5.74, 6) is 0.940. The summed E-state index contributed by atoms with van der Waals surface area (Å²) in [6, 6.07) is 3.47. The number of fused-ring (bicyclic) bond motifs is 1. The van der Waals surface area contributed by atoms with Crippen LogP contribution >= 0.6 is 0 Å². The first-order valence-corrected chi connectivity index (χ1v) is 5.22. The highest BCUT2D eigenvalue weighted by atomic mass is 16.5. The Kier molecular flexibility index (Phi) is 2.30. The lowest BCUT2D eigenvalue weighted by atomic mass is 10.2. The normalized spacial score (nSPS) is 10.7. The zero-order chi connectivity index (χ0) is 12.5. The number of hydrogen-bond acceptors (Lipinski definition) is 5. The van der Waals surface area contributed by atoms with E-state index in [4.69, 9.17) is 4.74 Å². The van der Waals surface area contributed by atoms with E-state index in [2.05, 4.69) is 25.1 Å². The highest BCUT2D eigenvalue weighted by Gasteiger charge is 2.07. The second-order valence-electron chi connectivity index (χ2n) is 3.64. The Morgan fingerprint density at radius 1 is 1.28 bits per heavy atom. The number of H-pyrrole nitrogens is 2. The van der Waals surface area contributed by atoms with Crippen molar-refractivity contribution in [2.24, 2.45) is 0 Å². The van der Waals surface area contributed by atoms with E-state index in [-0.39, 0.29) is 5.56 Å². The Morgan fingerprint density at radius 2 is 2.17 bits per heavy atom. The van der Waals surface area contributed by atoms with Crippen molar-refractivity contribution in [3.05, 3.63) is 34.9 Å². The Labute approximate surface area is 101 Å². The van der Waals surface area contributed by atoms with Gasteiger partial charge in [0.15, 0.2) is 5.65 Å². The molecule has 0 saturated carbocycles. The minimum absolute atomic E-state index is 0.237. The quantitative estimate of drug-likeness (QED) is 0.691. The van der Waals surface area contributed by atoms with Crippen LogP contribution in [0.5, 0.6) is 5.88 Å². The van der Waals surface area contributed by atoms with Crippen molar-refractivity contribution in [3.63, 3.8) is 0 Å². The number of hydrogen-bond donors (Lipinski definition) is 2. The third kappa shape index (κ3) is 1.61. The van der Waals surface area contributed by atoms with Gasteiger partial charge in [0.05, 0.1) is 13.3 Å². The van der Waals surface area contributed by atoms with E-state index in [0.29, 0.717) is 28.3 Å². The van der Waals surface area contributed by atoms with Gasteiger partial charge in [0, 0.05) is 17.8 Å². The lowest BCUT2D eigenvalue weighted by Crippen LogP contribution is -2.08. The second kappa shape index (κ2) is 3.95. The SMILES string of the molecule is COc1ccc(-c2nc3[nH]ncc3c(=O)[nH]2)cn1. The molecule has 0 aromatic carbocycles. The first kappa shape index (κ1) is 10.5. The van der Waals surface area contributed by atoms with Crippen LogP contribution in [0.1, 0.15) is 0 Å². The molecule has 0 fully saturated rings. The van der Waals surface area contributed by atoms with Crippen LogP contribution < -0.4 is 10.3 Å². The minimum atomic E-state index is -0.237. The Bertz CT molecular complexity index is 744. The highest BCUT2D eigenvalue weighted by Crippen LogP contribution is 2.16. The molecule has 0 atom stereocenters. The summed E-state index contributed by atoms with van der Waals surface area (Å²) in [6.07, 6.45) is 3.02. The number of ether oxygens (including phenoxy) is 1. The minimum Gasteiger partial charge on any atom is -0.481 e. The molecule has 0 unspecified atom stereocenters. The van der Waals surface area contributed by atoms with Crippen molar-refractivity contribution in [1.29, 1.82) is 0 Å². The van der Waals surface area contributed by atoms with Crippen LogP contribution in [0.25, 0.3) is 22.4 Å². The maximum atomic E-state index is 11.8. The number of aromatic amines is 2. The molecule has 0 amide bonds. The highest BCUT2D eigenvalue weighted by molar-refractivity contribution is 5.74. The van der Waals surface area contributed by atoms with Gasteiger partial charge in [-0.1, -0.05) is 0 Å². The van der Waals surface area contributed by atoms with Crippen molar-refractivity contribution in [3.8, 4) is 17.3 Å². The van der Waals surface area contributed by atoms with Crippen molar-refractivity contribution in [2.45, 2.75) is 0 Å². The molecule has 0 aliphatic heterocycles. The molecule has 90 valence electrons. The lowest BCUT2D eigenvalue weighted by Gasteiger charge is -2.01. The number of nitrogens with zero attached hydrogens (tertiary/aromatic N) is 3. The molecule has 2 N–H and O–H groups in total. The second-order valence-corrected chi connectivity index (χ2v) is 3.64. The van der Waals surface area contributed by atoms with Crippen LogP contribution in [-0.2, 0) is 0 Å². The van der Waals surface area contributed by atoms with Crippen LogP contribution in [0, 0.1) is 0 Å². The molecular weight excluding hydrogens is 234 g/mol. The summed E-state index contributed by atoms with van der Waals surface area (Å²) in [5.41, 5.74) is 0.911. The predicted molar refractivity (Wildman–Crippen MR) is 64.3 cm³/mol. The van der Waals surface area contributed by atoms with E-state index >= 15 is 0 Å². The van der Waals surface area contributed by atoms with Crippen molar-refractivity contribution in [1.82, 2.24) is 25.1 Å². The Balaban J connectivity index is 2.15. The molecule has 0 radical (unpaired) electrons. The number of aromatic nitrogens is 5. The summed E-state index contributed by atoms with van der Waals surface area (Å²) in [4.78, 5) is 22.8. The fraction of sp³-hybridized carbons (Fsp3) is 0.0909. The topological polar surface area (TPSA) is 96.5 Å². The number of methoxy groups -OCH3 is 1. The maximum absolute atomic E-state index is 11.8. The van der Waals surface area contributed by atoms with Gasteiger partial charge < -0.3 is 9.72 Å². The average Bonchev–Trinajstić information content (AvgIpc) is 2.88. The summed E-state index contributed by atoms with van der Waals surface area (Å²) >= 11 is 0. The van der Waals surface area contributed by atoms with Gasteiger partial charge in [0.2, 0.25) is 5.88 Å². The van der Waals surface area contributed by atoms with Gasteiger partial charge in [-0.25, -0.2) is 9.97 Å². The predicted octanol–water partition coefficient (Wildman–Crippen LogP) is 0.717. The van der Waals surface area contributed by atoms with Crippen LogP contribution in [-0.4, -0.2) is 32.3 Å². The van der Waals surface area contributed by atoms with Gasteiger partial charge in [-0.15, -0.1) is 0 Å². The van der Waals surface area contributed by atoms with Crippen LogP contribution in [0.3, 0.4) is 0 Å². The van der Waals surface area contributed by atoms with Gasteiger partial charge in [-0.3, -0.25) is 9.89 Å².